The molecular weight excluding hydrogens is 224 g/mol. The van der Waals surface area contributed by atoms with Gasteiger partial charge in [0.15, 0.2) is 0 Å². The fourth-order valence-corrected chi connectivity index (χ4v) is 3.55. The molecule has 104 valence electrons. The van der Waals surface area contributed by atoms with E-state index in [0.717, 1.165) is 6.42 Å². The Morgan fingerprint density at radius 2 is 2.06 bits per heavy atom. The molecule has 1 saturated carbocycles. The lowest BCUT2D eigenvalue weighted by Crippen LogP contribution is -2.47. The molecule has 18 heavy (non-hydrogen) atoms. The third-order valence-corrected chi connectivity index (χ3v) is 4.60. The second-order valence-corrected chi connectivity index (χ2v) is 6.02. The third kappa shape index (κ3) is 3.05. The maximum Gasteiger partial charge on any atom is 0.238 e. The van der Waals surface area contributed by atoms with Gasteiger partial charge in [0, 0.05) is 6.04 Å². The van der Waals surface area contributed by atoms with Gasteiger partial charge in [0.05, 0.1) is 12.7 Å². The van der Waals surface area contributed by atoms with E-state index in [1.54, 1.807) is 0 Å². The molecule has 0 spiro atoms. The number of carbonyl (C=O) groups is 1. The van der Waals surface area contributed by atoms with Crippen molar-refractivity contribution in [2.75, 3.05) is 6.54 Å². The molecule has 3 nitrogen and oxygen atoms in total. The van der Waals surface area contributed by atoms with E-state index in [-0.39, 0.29) is 0 Å². The van der Waals surface area contributed by atoms with Crippen molar-refractivity contribution >= 4 is 5.91 Å². The molecule has 2 fully saturated rings. The van der Waals surface area contributed by atoms with Crippen molar-refractivity contribution in [2.24, 2.45) is 5.92 Å². The van der Waals surface area contributed by atoms with Crippen LogP contribution in [0.25, 0.3) is 0 Å². The van der Waals surface area contributed by atoms with E-state index in [1.807, 2.05) is 0 Å². The fraction of sp³-hybridized carbons (Fsp3) is 0.933. The molecule has 0 aromatic rings. The fourth-order valence-electron chi connectivity index (χ4n) is 3.55. The Morgan fingerprint density at radius 1 is 1.33 bits per heavy atom. The van der Waals surface area contributed by atoms with E-state index < -0.39 is 0 Å². The molecular formula is C15H28N2O. The minimum atomic E-state index is 0.316. The highest BCUT2D eigenvalue weighted by Crippen LogP contribution is 2.32. The van der Waals surface area contributed by atoms with Crippen LogP contribution in [0.5, 0.6) is 0 Å². The van der Waals surface area contributed by atoms with Crippen LogP contribution in [-0.2, 0) is 4.79 Å². The molecule has 1 amide bonds. The number of nitrogens with zero attached hydrogens (tertiary/aromatic N) is 1. The monoisotopic (exact) mass is 252 g/mol. The summed E-state index contributed by atoms with van der Waals surface area (Å²) in [6.45, 7) is 5.01. The maximum atomic E-state index is 12.1. The van der Waals surface area contributed by atoms with Crippen LogP contribution in [0.2, 0.25) is 0 Å². The normalized spacial score (nSPS) is 27.1. The molecule has 2 rings (SSSR count). The van der Waals surface area contributed by atoms with E-state index in [2.05, 4.69) is 24.1 Å². The van der Waals surface area contributed by atoms with Crippen molar-refractivity contribution < 1.29 is 4.79 Å². The quantitative estimate of drug-likeness (QED) is 0.737. The van der Waals surface area contributed by atoms with Crippen LogP contribution in [0, 0.1) is 5.92 Å². The number of rotatable bonds is 6. The molecule has 1 heterocycles. The van der Waals surface area contributed by atoms with Crippen molar-refractivity contribution in [3.63, 3.8) is 0 Å². The van der Waals surface area contributed by atoms with Crippen LogP contribution in [0.4, 0.5) is 0 Å². The van der Waals surface area contributed by atoms with Crippen LogP contribution in [0.15, 0.2) is 0 Å². The Balaban J connectivity index is 1.91. The molecule has 2 unspecified atom stereocenters. The molecule has 2 aliphatic rings. The lowest BCUT2D eigenvalue weighted by Gasteiger charge is -2.34. The van der Waals surface area contributed by atoms with E-state index >= 15 is 0 Å². The predicted octanol–water partition coefficient (Wildman–Crippen LogP) is 2.90. The zero-order chi connectivity index (χ0) is 13.0. The van der Waals surface area contributed by atoms with Gasteiger partial charge in [0.1, 0.15) is 0 Å². The summed E-state index contributed by atoms with van der Waals surface area (Å²) in [5, 5.41) is 3.45. The summed E-state index contributed by atoms with van der Waals surface area (Å²) < 4.78 is 0. The topological polar surface area (TPSA) is 32.3 Å². The first kappa shape index (κ1) is 13.9. The molecule has 1 aliphatic carbocycles. The average molecular weight is 252 g/mol. The third-order valence-electron chi connectivity index (χ3n) is 4.60. The van der Waals surface area contributed by atoms with Crippen LogP contribution < -0.4 is 5.32 Å². The zero-order valence-corrected chi connectivity index (χ0v) is 12.0. The minimum Gasteiger partial charge on any atom is -0.323 e. The van der Waals surface area contributed by atoms with E-state index in [4.69, 9.17) is 0 Å². The van der Waals surface area contributed by atoms with Gasteiger partial charge in [-0.15, -0.1) is 0 Å². The summed E-state index contributed by atoms with van der Waals surface area (Å²) in [6, 6.07) is 0.407. The second-order valence-electron chi connectivity index (χ2n) is 6.02. The van der Waals surface area contributed by atoms with Gasteiger partial charge >= 0.3 is 0 Å². The van der Waals surface area contributed by atoms with Crippen LogP contribution in [-0.4, -0.2) is 29.6 Å². The molecule has 0 aromatic carbocycles. The number of unbranched alkanes of at least 4 members (excludes halogenated alkanes) is 2. The Morgan fingerprint density at radius 3 is 2.72 bits per heavy atom. The van der Waals surface area contributed by atoms with Crippen molar-refractivity contribution in [3.05, 3.63) is 0 Å². The van der Waals surface area contributed by atoms with Gasteiger partial charge in [0.2, 0.25) is 5.91 Å². The number of hydrogen-bond acceptors (Lipinski definition) is 2. The first-order valence-corrected chi connectivity index (χ1v) is 7.78. The van der Waals surface area contributed by atoms with Crippen molar-refractivity contribution in [2.45, 2.75) is 77.4 Å². The van der Waals surface area contributed by atoms with Crippen molar-refractivity contribution in [1.82, 2.24) is 10.2 Å². The standard InChI is InChI=1S/C15H28N2O/c1-3-4-5-8-12(2)17-14(18)11-16-15(17)13-9-6-7-10-13/h12-13,15-16H,3-11H2,1-2H3. The Hall–Kier alpha value is -0.570. The van der Waals surface area contributed by atoms with Crippen molar-refractivity contribution in [3.8, 4) is 0 Å². The van der Waals surface area contributed by atoms with Gasteiger partial charge in [-0.1, -0.05) is 39.0 Å². The van der Waals surface area contributed by atoms with E-state index in [9.17, 15) is 4.79 Å². The van der Waals surface area contributed by atoms with Gasteiger partial charge < -0.3 is 4.90 Å². The molecule has 3 heteroatoms. The number of carbonyl (C=O) groups excluding carboxylic acids is 1. The SMILES string of the molecule is CCCCCC(C)N1C(=O)CNC1C1CCCC1. The first-order valence-electron chi connectivity index (χ1n) is 7.78. The van der Waals surface area contributed by atoms with Crippen LogP contribution >= 0.6 is 0 Å². The van der Waals surface area contributed by atoms with Gasteiger partial charge in [-0.05, 0) is 32.1 Å². The Bertz CT molecular complexity index is 274. The summed E-state index contributed by atoms with van der Waals surface area (Å²) in [7, 11) is 0. The highest BCUT2D eigenvalue weighted by atomic mass is 16.2. The summed E-state index contributed by atoms with van der Waals surface area (Å²) in [5.74, 6) is 1.01. The van der Waals surface area contributed by atoms with Gasteiger partial charge in [-0.25, -0.2) is 0 Å². The van der Waals surface area contributed by atoms with Gasteiger partial charge in [-0.3, -0.25) is 10.1 Å². The largest absolute Gasteiger partial charge is 0.323 e. The highest BCUT2D eigenvalue weighted by Gasteiger charge is 2.39. The molecule has 0 radical (unpaired) electrons. The van der Waals surface area contributed by atoms with Crippen molar-refractivity contribution in [1.29, 1.82) is 0 Å². The Labute approximate surface area is 111 Å². The molecule has 0 bridgehead atoms. The predicted molar refractivity (Wildman–Crippen MR) is 74.2 cm³/mol. The zero-order valence-electron chi connectivity index (χ0n) is 12.0. The van der Waals surface area contributed by atoms with E-state index in [0.29, 0.717) is 30.6 Å². The summed E-state index contributed by atoms with van der Waals surface area (Å²) in [6.07, 6.45) is 10.6. The number of hydrogen-bond donors (Lipinski definition) is 1. The smallest absolute Gasteiger partial charge is 0.238 e. The lowest BCUT2D eigenvalue weighted by molar-refractivity contribution is -0.130. The van der Waals surface area contributed by atoms with Gasteiger partial charge in [0.25, 0.3) is 0 Å². The highest BCUT2D eigenvalue weighted by molar-refractivity contribution is 5.81. The molecule has 1 aliphatic heterocycles. The molecule has 0 aromatic heterocycles. The molecule has 2 atom stereocenters. The number of amides is 1. The minimum absolute atomic E-state index is 0.316. The number of nitrogens with one attached hydrogen (secondary N) is 1. The van der Waals surface area contributed by atoms with Crippen LogP contribution in [0.3, 0.4) is 0 Å². The Kier molecular flexibility index (Phi) is 5.04. The lowest BCUT2D eigenvalue weighted by atomic mass is 10.0. The molecule has 1 saturated heterocycles. The maximum absolute atomic E-state index is 12.1. The van der Waals surface area contributed by atoms with Crippen LogP contribution in [0.1, 0.15) is 65.2 Å². The molecule has 1 N–H and O–H groups in total. The van der Waals surface area contributed by atoms with Gasteiger partial charge in [-0.2, -0.15) is 0 Å². The second kappa shape index (κ2) is 6.55. The summed E-state index contributed by atoms with van der Waals surface area (Å²) in [4.78, 5) is 14.2. The summed E-state index contributed by atoms with van der Waals surface area (Å²) >= 11 is 0. The summed E-state index contributed by atoms with van der Waals surface area (Å²) in [5.41, 5.74) is 0. The first-order chi connectivity index (χ1) is 8.74. The average Bonchev–Trinajstić information content (AvgIpc) is 2.97. The van der Waals surface area contributed by atoms with E-state index in [1.165, 1.54) is 44.9 Å².